The number of carboxylic acids is 1. The third kappa shape index (κ3) is 3.79. The number of benzene rings is 1. The van der Waals surface area contributed by atoms with Crippen LogP contribution in [0.1, 0.15) is 36.7 Å². The van der Waals surface area contributed by atoms with Crippen LogP contribution < -0.4 is 11.1 Å². The number of aromatic carboxylic acids is 1. The van der Waals surface area contributed by atoms with Crippen molar-refractivity contribution >= 4 is 17.6 Å². The van der Waals surface area contributed by atoms with Crippen LogP contribution in [-0.4, -0.2) is 23.0 Å². The van der Waals surface area contributed by atoms with Crippen molar-refractivity contribution in [3.05, 3.63) is 29.3 Å². The molecular weight excluding hydrogens is 244 g/mol. The Balaban J connectivity index is 3.00. The highest BCUT2D eigenvalue weighted by molar-refractivity contribution is 6.02. The van der Waals surface area contributed by atoms with Gasteiger partial charge in [0.2, 0.25) is 5.91 Å². The third-order valence-corrected chi connectivity index (χ3v) is 2.88. The number of aryl methyl sites for hydroxylation is 1. The lowest BCUT2D eigenvalue weighted by Gasteiger charge is -2.26. The van der Waals surface area contributed by atoms with E-state index in [0.717, 1.165) is 5.56 Å². The number of carbonyl (C=O) groups is 2. The fourth-order valence-corrected chi connectivity index (χ4v) is 1.55. The summed E-state index contributed by atoms with van der Waals surface area (Å²) < 4.78 is 0. The molecule has 5 heteroatoms. The van der Waals surface area contributed by atoms with Crippen LogP contribution in [0.2, 0.25) is 0 Å². The second kappa shape index (κ2) is 5.40. The highest BCUT2D eigenvalue weighted by Gasteiger charge is 2.28. The predicted octanol–water partition coefficient (Wildman–Crippen LogP) is 2.01. The van der Waals surface area contributed by atoms with Crippen LogP contribution in [0.3, 0.4) is 0 Å². The minimum atomic E-state index is -1.08. The molecule has 1 aromatic rings. The molecule has 0 unspecified atom stereocenters. The van der Waals surface area contributed by atoms with Gasteiger partial charge in [-0.05, 0) is 24.5 Å². The topological polar surface area (TPSA) is 92.4 Å². The Morgan fingerprint density at radius 2 is 1.89 bits per heavy atom. The number of carboxylic acid groups (broad SMARTS) is 1. The van der Waals surface area contributed by atoms with Gasteiger partial charge >= 0.3 is 5.97 Å². The molecule has 0 bridgehead atoms. The number of amides is 1. The molecule has 0 heterocycles. The lowest BCUT2D eigenvalue weighted by atomic mass is 9.87. The molecule has 1 aromatic carbocycles. The average molecular weight is 264 g/mol. The maximum Gasteiger partial charge on any atom is 0.337 e. The van der Waals surface area contributed by atoms with E-state index in [2.05, 4.69) is 5.32 Å². The van der Waals surface area contributed by atoms with Crippen molar-refractivity contribution in [3.63, 3.8) is 0 Å². The van der Waals surface area contributed by atoms with Crippen molar-refractivity contribution in [2.45, 2.75) is 33.7 Å². The first-order valence-electron chi connectivity index (χ1n) is 6.03. The average Bonchev–Trinajstić information content (AvgIpc) is 2.28. The fourth-order valence-electron chi connectivity index (χ4n) is 1.55. The second-order valence-electron chi connectivity index (χ2n) is 5.69. The van der Waals surface area contributed by atoms with E-state index in [0.29, 0.717) is 0 Å². The smallest absolute Gasteiger partial charge is 0.337 e. The number of rotatable bonds is 3. The van der Waals surface area contributed by atoms with Gasteiger partial charge in [0.1, 0.15) is 0 Å². The first-order valence-corrected chi connectivity index (χ1v) is 6.03. The molecule has 5 nitrogen and oxygen atoms in total. The maximum atomic E-state index is 12.0. The Labute approximate surface area is 112 Å². The van der Waals surface area contributed by atoms with Crippen molar-refractivity contribution in [2.75, 3.05) is 5.32 Å². The van der Waals surface area contributed by atoms with Gasteiger partial charge in [0.25, 0.3) is 0 Å². The monoisotopic (exact) mass is 264 g/mol. The normalized spacial score (nSPS) is 12.9. The van der Waals surface area contributed by atoms with E-state index in [9.17, 15) is 9.59 Å². The molecular formula is C14H20N2O3. The van der Waals surface area contributed by atoms with Gasteiger partial charge in [0.15, 0.2) is 0 Å². The Morgan fingerprint density at radius 3 is 2.37 bits per heavy atom. The second-order valence-corrected chi connectivity index (χ2v) is 5.69. The van der Waals surface area contributed by atoms with Crippen LogP contribution in [-0.2, 0) is 4.79 Å². The fraction of sp³-hybridized carbons (Fsp3) is 0.429. The van der Waals surface area contributed by atoms with Crippen molar-refractivity contribution in [1.82, 2.24) is 0 Å². The summed E-state index contributed by atoms with van der Waals surface area (Å²) in [6.45, 7) is 7.35. The van der Waals surface area contributed by atoms with Crippen LogP contribution in [0, 0.1) is 12.3 Å². The summed E-state index contributed by atoms with van der Waals surface area (Å²) in [5, 5.41) is 11.7. The number of anilines is 1. The van der Waals surface area contributed by atoms with Gasteiger partial charge in [-0.25, -0.2) is 4.79 Å². The van der Waals surface area contributed by atoms with Crippen molar-refractivity contribution in [2.24, 2.45) is 11.1 Å². The third-order valence-electron chi connectivity index (χ3n) is 2.88. The zero-order valence-corrected chi connectivity index (χ0v) is 11.7. The number of nitrogens with two attached hydrogens (primary N) is 1. The van der Waals surface area contributed by atoms with E-state index in [-0.39, 0.29) is 17.2 Å². The van der Waals surface area contributed by atoms with Crippen LogP contribution in [0.15, 0.2) is 18.2 Å². The van der Waals surface area contributed by atoms with E-state index in [1.54, 1.807) is 19.1 Å². The molecule has 0 radical (unpaired) electrons. The van der Waals surface area contributed by atoms with Gasteiger partial charge in [0, 0.05) is 0 Å². The summed E-state index contributed by atoms with van der Waals surface area (Å²) in [7, 11) is 0. The number of hydrogen-bond acceptors (Lipinski definition) is 3. The number of nitrogens with one attached hydrogen (secondary N) is 1. The molecule has 19 heavy (non-hydrogen) atoms. The van der Waals surface area contributed by atoms with E-state index in [1.165, 1.54) is 6.07 Å². The summed E-state index contributed by atoms with van der Waals surface area (Å²) in [5.41, 5.74) is 6.59. The van der Waals surface area contributed by atoms with Gasteiger partial charge in [-0.1, -0.05) is 32.4 Å². The summed E-state index contributed by atoms with van der Waals surface area (Å²) >= 11 is 0. The van der Waals surface area contributed by atoms with Crippen LogP contribution in [0.5, 0.6) is 0 Å². The van der Waals surface area contributed by atoms with Crippen LogP contribution >= 0.6 is 0 Å². The van der Waals surface area contributed by atoms with Crippen LogP contribution in [0.4, 0.5) is 5.69 Å². The van der Waals surface area contributed by atoms with Crippen molar-refractivity contribution in [1.29, 1.82) is 0 Å². The first kappa shape index (κ1) is 15.2. The molecule has 0 aliphatic heterocycles. The lowest BCUT2D eigenvalue weighted by molar-refractivity contribution is -0.119. The molecule has 0 saturated carbocycles. The largest absolute Gasteiger partial charge is 0.478 e. The zero-order chi connectivity index (χ0) is 14.8. The lowest BCUT2D eigenvalue weighted by Crippen LogP contribution is -2.45. The molecule has 0 aliphatic rings. The quantitative estimate of drug-likeness (QED) is 0.778. The Hall–Kier alpha value is -1.88. The predicted molar refractivity (Wildman–Crippen MR) is 74.2 cm³/mol. The van der Waals surface area contributed by atoms with Crippen molar-refractivity contribution in [3.8, 4) is 0 Å². The Morgan fingerprint density at radius 1 is 1.32 bits per heavy atom. The van der Waals surface area contributed by atoms with E-state index in [4.69, 9.17) is 10.8 Å². The molecule has 1 amide bonds. The SMILES string of the molecule is Cc1ccc(NC(=O)[C@@H](N)C(C)(C)C)c(C(=O)O)c1. The summed E-state index contributed by atoms with van der Waals surface area (Å²) in [6, 6.07) is 4.12. The standard InChI is InChI=1S/C14H20N2O3/c1-8-5-6-10(9(7-8)13(18)19)16-12(17)11(15)14(2,3)4/h5-7,11H,15H2,1-4H3,(H,16,17)(H,18,19)/t11-/m1/s1. The molecule has 0 saturated heterocycles. The molecule has 1 rings (SSSR count). The van der Waals surface area contributed by atoms with Gasteiger partial charge in [-0.15, -0.1) is 0 Å². The summed E-state index contributed by atoms with van der Waals surface area (Å²) in [4.78, 5) is 23.1. The molecule has 4 N–H and O–H groups in total. The molecule has 0 spiro atoms. The number of hydrogen-bond donors (Lipinski definition) is 3. The van der Waals surface area contributed by atoms with E-state index in [1.807, 2.05) is 20.8 Å². The van der Waals surface area contributed by atoms with Crippen LogP contribution in [0.25, 0.3) is 0 Å². The van der Waals surface area contributed by atoms with Gasteiger partial charge < -0.3 is 16.2 Å². The molecule has 0 aromatic heterocycles. The Bertz CT molecular complexity index is 504. The highest BCUT2D eigenvalue weighted by atomic mass is 16.4. The van der Waals surface area contributed by atoms with Gasteiger partial charge in [0.05, 0.1) is 17.3 Å². The van der Waals surface area contributed by atoms with Crippen molar-refractivity contribution < 1.29 is 14.7 Å². The van der Waals surface area contributed by atoms with Gasteiger partial charge in [-0.2, -0.15) is 0 Å². The van der Waals surface area contributed by atoms with Gasteiger partial charge in [-0.3, -0.25) is 4.79 Å². The summed E-state index contributed by atoms with van der Waals surface area (Å²) in [6.07, 6.45) is 0. The molecule has 104 valence electrons. The highest BCUT2D eigenvalue weighted by Crippen LogP contribution is 2.21. The first-order chi connectivity index (χ1) is 8.62. The molecule has 0 aliphatic carbocycles. The minimum absolute atomic E-state index is 0.0643. The Kier molecular flexibility index (Phi) is 4.32. The summed E-state index contributed by atoms with van der Waals surface area (Å²) in [5.74, 6) is -1.47. The zero-order valence-electron chi connectivity index (χ0n) is 11.7. The number of carbonyl (C=O) groups excluding carboxylic acids is 1. The van der Waals surface area contributed by atoms with E-state index < -0.39 is 17.4 Å². The minimum Gasteiger partial charge on any atom is -0.478 e. The molecule has 0 fully saturated rings. The maximum absolute atomic E-state index is 12.0. The molecule has 1 atom stereocenters. The van der Waals surface area contributed by atoms with E-state index >= 15 is 0 Å².